The van der Waals surface area contributed by atoms with Crippen molar-refractivity contribution in [2.75, 3.05) is 19.7 Å². The average Bonchev–Trinajstić information content (AvgIpc) is 2.81. The van der Waals surface area contributed by atoms with Gasteiger partial charge in [0.05, 0.1) is 18.8 Å². The highest BCUT2D eigenvalue weighted by Gasteiger charge is 2.34. The van der Waals surface area contributed by atoms with Crippen molar-refractivity contribution in [2.24, 2.45) is 5.92 Å². The number of nitrogens with zero attached hydrogens (tertiary/aromatic N) is 1. The molecule has 1 saturated heterocycles. The minimum Gasteiger partial charge on any atom is -0.390 e. The fourth-order valence-corrected chi connectivity index (χ4v) is 2.97. The zero-order valence-corrected chi connectivity index (χ0v) is 10.6. The maximum Gasteiger partial charge on any atom is 0.0963 e. The van der Waals surface area contributed by atoms with E-state index in [4.69, 9.17) is 4.74 Å². The third-order valence-corrected chi connectivity index (χ3v) is 4.12. The van der Waals surface area contributed by atoms with E-state index in [9.17, 15) is 5.11 Å². The Hall–Kier alpha value is -0.120. The van der Waals surface area contributed by atoms with Gasteiger partial charge in [0, 0.05) is 19.1 Å². The topological polar surface area (TPSA) is 32.7 Å². The van der Waals surface area contributed by atoms with Gasteiger partial charge in [-0.2, -0.15) is 0 Å². The van der Waals surface area contributed by atoms with E-state index in [1.54, 1.807) is 0 Å². The molecule has 1 heterocycles. The van der Waals surface area contributed by atoms with E-state index in [0.29, 0.717) is 12.0 Å². The lowest BCUT2D eigenvalue weighted by atomic mass is 9.95. The van der Waals surface area contributed by atoms with Crippen LogP contribution in [0.15, 0.2) is 0 Å². The molecule has 1 aliphatic heterocycles. The number of aliphatic hydroxyl groups is 1. The van der Waals surface area contributed by atoms with E-state index in [0.717, 1.165) is 19.7 Å². The molecule has 2 atom stereocenters. The molecule has 94 valence electrons. The van der Waals surface area contributed by atoms with E-state index < -0.39 is 0 Å². The van der Waals surface area contributed by atoms with E-state index in [-0.39, 0.29) is 12.2 Å². The first-order chi connectivity index (χ1) is 7.68. The maximum absolute atomic E-state index is 10.3. The van der Waals surface area contributed by atoms with Gasteiger partial charge in [-0.25, -0.2) is 0 Å². The largest absolute Gasteiger partial charge is 0.390 e. The van der Waals surface area contributed by atoms with Crippen LogP contribution in [0.5, 0.6) is 0 Å². The first kappa shape index (κ1) is 12.3. The van der Waals surface area contributed by atoms with Gasteiger partial charge in [0.15, 0.2) is 0 Å². The van der Waals surface area contributed by atoms with Crippen molar-refractivity contribution in [3.05, 3.63) is 0 Å². The number of aliphatic hydroxyl groups excluding tert-OH is 1. The third kappa shape index (κ3) is 2.76. The van der Waals surface area contributed by atoms with Crippen LogP contribution in [0.1, 0.15) is 39.5 Å². The fraction of sp³-hybridized carbons (Fsp3) is 1.00. The summed E-state index contributed by atoms with van der Waals surface area (Å²) in [6, 6.07) is 0.558. The number of hydrogen-bond donors (Lipinski definition) is 1. The third-order valence-electron chi connectivity index (χ3n) is 4.12. The number of morpholine rings is 1. The van der Waals surface area contributed by atoms with Crippen LogP contribution < -0.4 is 0 Å². The van der Waals surface area contributed by atoms with Crippen LogP contribution in [0, 0.1) is 5.92 Å². The van der Waals surface area contributed by atoms with Crippen LogP contribution >= 0.6 is 0 Å². The van der Waals surface area contributed by atoms with E-state index in [1.165, 1.54) is 25.7 Å². The van der Waals surface area contributed by atoms with Crippen molar-refractivity contribution in [1.29, 1.82) is 0 Å². The minimum absolute atomic E-state index is 0.0410. The van der Waals surface area contributed by atoms with Crippen LogP contribution in [0.25, 0.3) is 0 Å². The normalized spacial score (nSPS) is 31.1. The van der Waals surface area contributed by atoms with Gasteiger partial charge < -0.3 is 9.84 Å². The molecule has 0 amide bonds. The first-order valence-electron chi connectivity index (χ1n) is 6.72. The summed E-state index contributed by atoms with van der Waals surface area (Å²) in [5.74, 6) is 0.483. The van der Waals surface area contributed by atoms with Crippen molar-refractivity contribution in [1.82, 2.24) is 4.90 Å². The molecular formula is C13H25NO2. The summed E-state index contributed by atoms with van der Waals surface area (Å²) in [5, 5.41) is 10.3. The molecule has 0 aromatic rings. The molecule has 0 aromatic heterocycles. The molecular weight excluding hydrogens is 202 g/mol. The monoisotopic (exact) mass is 227 g/mol. The maximum atomic E-state index is 10.3. The van der Waals surface area contributed by atoms with Crippen LogP contribution in [0.2, 0.25) is 0 Å². The first-order valence-corrected chi connectivity index (χ1v) is 6.72. The highest BCUT2D eigenvalue weighted by atomic mass is 16.5. The van der Waals surface area contributed by atoms with Crippen LogP contribution in [0.3, 0.4) is 0 Å². The molecule has 0 radical (unpaired) electrons. The summed E-state index contributed by atoms with van der Waals surface area (Å²) in [6.45, 7) is 7.10. The van der Waals surface area contributed by atoms with Gasteiger partial charge >= 0.3 is 0 Å². The Kier molecular flexibility index (Phi) is 4.22. The zero-order chi connectivity index (χ0) is 11.5. The van der Waals surface area contributed by atoms with Gasteiger partial charge in [-0.1, -0.05) is 12.8 Å². The Labute approximate surface area is 98.8 Å². The quantitative estimate of drug-likeness (QED) is 0.795. The molecule has 2 fully saturated rings. The van der Waals surface area contributed by atoms with Gasteiger partial charge in [0.1, 0.15) is 0 Å². The highest BCUT2D eigenvalue weighted by Crippen LogP contribution is 2.30. The fourth-order valence-electron chi connectivity index (χ4n) is 2.97. The standard InChI is InChI=1S/C13H25NO2/c1-10(2)14-7-8-16-12(9-14)13(15)11-5-3-4-6-11/h10-13,15H,3-9H2,1-2H3. The Bertz CT molecular complexity index is 214. The Morgan fingerprint density at radius 1 is 1.25 bits per heavy atom. The van der Waals surface area contributed by atoms with E-state index in [1.807, 2.05) is 0 Å². The molecule has 0 aromatic carbocycles. The lowest BCUT2D eigenvalue weighted by Gasteiger charge is -2.38. The molecule has 16 heavy (non-hydrogen) atoms. The van der Waals surface area contributed by atoms with Crippen LogP contribution in [-0.4, -0.2) is 48.0 Å². The zero-order valence-electron chi connectivity index (χ0n) is 10.6. The highest BCUT2D eigenvalue weighted by molar-refractivity contribution is 4.85. The molecule has 0 spiro atoms. The van der Waals surface area contributed by atoms with Crippen molar-refractivity contribution >= 4 is 0 Å². The summed E-state index contributed by atoms with van der Waals surface area (Å²) < 4.78 is 5.74. The number of rotatable bonds is 3. The Morgan fingerprint density at radius 2 is 1.94 bits per heavy atom. The molecule has 2 aliphatic rings. The summed E-state index contributed by atoms with van der Waals surface area (Å²) in [4.78, 5) is 2.41. The molecule has 0 bridgehead atoms. The molecule has 2 unspecified atom stereocenters. The summed E-state index contributed by atoms with van der Waals surface area (Å²) >= 11 is 0. The molecule has 1 saturated carbocycles. The Balaban J connectivity index is 1.87. The second kappa shape index (κ2) is 5.48. The Morgan fingerprint density at radius 3 is 2.56 bits per heavy atom. The second-order valence-corrected chi connectivity index (χ2v) is 5.53. The van der Waals surface area contributed by atoms with Crippen molar-refractivity contribution in [2.45, 2.75) is 57.8 Å². The minimum atomic E-state index is -0.246. The van der Waals surface area contributed by atoms with Gasteiger partial charge in [-0.3, -0.25) is 4.90 Å². The van der Waals surface area contributed by atoms with Crippen LogP contribution in [-0.2, 0) is 4.74 Å². The van der Waals surface area contributed by atoms with E-state index >= 15 is 0 Å². The second-order valence-electron chi connectivity index (χ2n) is 5.53. The van der Waals surface area contributed by atoms with Crippen molar-refractivity contribution in [3.63, 3.8) is 0 Å². The van der Waals surface area contributed by atoms with Gasteiger partial charge in [0.25, 0.3) is 0 Å². The number of ether oxygens (including phenoxy) is 1. The van der Waals surface area contributed by atoms with Gasteiger partial charge in [0.2, 0.25) is 0 Å². The SMILES string of the molecule is CC(C)N1CCOC(C(O)C2CCCC2)C1. The average molecular weight is 227 g/mol. The summed E-state index contributed by atoms with van der Waals surface area (Å²) in [5.41, 5.74) is 0. The predicted molar refractivity (Wildman–Crippen MR) is 64.4 cm³/mol. The molecule has 1 N–H and O–H groups in total. The summed E-state index contributed by atoms with van der Waals surface area (Å²) in [6.07, 6.45) is 4.72. The lowest BCUT2D eigenvalue weighted by Crippen LogP contribution is -2.51. The van der Waals surface area contributed by atoms with Gasteiger partial charge in [-0.15, -0.1) is 0 Å². The molecule has 3 heteroatoms. The summed E-state index contributed by atoms with van der Waals surface area (Å²) in [7, 11) is 0. The van der Waals surface area contributed by atoms with Gasteiger partial charge in [-0.05, 0) is 32.6 Å². The van der Waals surface area contributed by atoms with Crippen LogP contribution in [0.4, 0.5) is 0 Å². The molecule has 2 rings (SSSR count). The predicted octanol–water partition coefficient (Wildman–Crippen LogP) is 1.65. The van der Waals surface area contributed by atoms with E-state index in [2.05, 4.69) is 18.7 Å². The van der Waals surface area contributed by atoms with Crippen molar-refractivity contribution < 1.29 is 9.84 Å². The lowest BCUT2D eigenvalue weighted by molar-refractivity contribution is -0.110. The molecule has 3 nitrogen and oxygen atoms in total. The molecule has 1 aliphatic carbocycles. The smallest absolute Gasteiger partial charge is 0.0963 e. The number of hydrogen-bond acceptors (Lipinski definition) is 3. The van der Waals surface area contributed by atoms with Crippen molar-refractivity contribution in [3.8, 4) is 0 Å².